The van der Waals surface area contributed by atoms with Gasteiger partial charge in [0, 0.05) is 38.0 Å². The van der Waals surface area contributed by atoms with Crippen LogP contribution < -0.4 is 15.4 Å². The second kappa shape index (κ2) is 10.8. The number of carbonyl (C=O) groups is 1. The maximum absolute atomic E-state index is 12.5. The molecule has 0 fully saturated rings. The van der Waals surface area contributed by atoms with Gasteiger partial charge >= 0.3 is 0 Å². The van der Waals surface area contributed by atoms with Gasteiger partial charge in [-0.05, 0) is 25.6 Å². The van der Waals surface area contributed by atoms with E-state index in [1.54, 1.807) is 25.0 Å². The number of carbonyl (C=O) groups excluding carboxylic acids is 1. The first kappa shape index (κ1) is 22.0. The van der Waals surface area contributed by atoms with Crippen LogP contribution in [0.1, 0.15) is 22.7 Å². The monoisotopic (exact) mass is 382 g/mol. The normalized spacial score (nSPS) is 11.5. The number of rotatable bonds is 9. The van der Waals surface area contributed by atoms with Crippen LogP contribution in [-0.4, -0.2) is 43.1 Å². The Morgan fingerprint density at radius 3 is 2.73 bits per heavy atom. The molecular formula is C18H27ClN4O3. The summed E-state index contributed by atoms with van der Waals surface area (Å²) in [6, 6.07) is 5.49. The third kappa shape index (κ3) is 6.01. The Balaban J connectivity index is 0.00000338. The van der Waals surface area contributed by atoms with Crippen molar-refractivity contribution < 1.29 is 14.3 Å². The highest BCUT2D eigenvalue weighted by molar-refractivity contribution is 5.85. The lowest BCUT2D eigenvalue weighted by molar-refractivity contribution is -0.123. The number of methoxy groups -OCH3 is 1. The van der Waals surface area contributed by atoms with E-state index in [0.29, 0.717) is 19.8 Å². The molecule has 26 heavy (non-hydrogen) atoms. The van der Waals surface area contributed by atoms with Crippen molar-refractivity contribution in [3.63, 3.8) is 0 Å². The molecule has 0 aliphatic rings. The summed E-state index contributed by atoms with van der Waals surface area (Å²) in [4.78, 5) is 12.5. The van der Waals surface area contributed by atoms with Crippen LogP contribution in [0.25, 0.3) is 0 Å². The first-order valence-electron chi connectivity index (χ1n) is 8.20. The van der Waals surface area contributed by atoms with Gasteiger partial charge in [0.2, 0.25) is 5.91 Å². The molecule has 0 saturated carbocycles. The number of hydrogen-bond acceptors (Lipinski definition) is 5. The fourth-order valence-corrected chi connectivity index (χ4v) is 2.50. The largest absolute Gasteiger partial charge is 0.491 e. The van der Waals surface area contributed by atoms with Crippen molar-refractivity contribution in [2.45, 2.75) is 19.5 Å². The van der Waals surface area contributed by atoms with Gasteiger partial charge in [-0.2, -0.15) is 5.10 Å². The molecule has 1 atom stereocenters. The quantitative estimate of drug-likeness (QED) is 0.646. The minimum absolute atomic E-state index is 0. The van der Waals surface area contributed by atoms with E-state index in [2.05, 4.69) is 15.7 Å². The van der Waals surface area contributed by atoms with E-state index in [9.17, 15) is 4.79 Å². The molecule has 2 N–H and O–H groups in total. The molecule has 0 radical (unpaired) electrons. The average Bonchev–Trinajstić information content (AvgIpc) is 3.01. The van der Waals surface area contributed by atoms with E-state index in [0.717, 1.165) is 22.4 Å². The first-order valence-corrected chi connectivity index (χ1v) is 8.20. The molecule has 1 aromatic carbocycles. The van der Waals surface area contributed by atoms with Gasteiger partial charge in [-0.3, -0.25) is 9.48 Å². The number of aryl methyl sites for hydroxylation is 2. The first-order chi connectivity index (χ1) is 12.0. The minimum atomic E-state index is -0.447. The number of nitrogens with zero attached hydrogens (tertiary/aromatic N) is 2. The number of likely N-dealkylation sites (N-methyl/N-ethyl adjacent to an activating group) is 1. The lowest BCUT2D eigenvalue weighted by Gasteiger charge is -2.16. The molecule has 0 saturated heterocycles. The van der Waals surface area contributed by atoms with Crippen molar-refractivity contribution in [3.05, 3.63) is 47.3 Å². The summed E-state index contributed by atoms with van der Waals surface area (Å²) in [5.41, 5.74) is 2.85. The SMILES string of the molecule is CNC(C(=O)NCc1ccc(C)cc1OCCOC)c1cnn(C)c1.Cl. The number of benzene rings is 1. The molecule has 144 valence electrons. The number of nitrogens with one attached hydrogen (secondary N) is 2. The standard InChI is InChI=1S/C18H26N4O3.ClH/c1-13-5-6-14(16(9-13)25-8-7-24-4)10-20-18(23)17(19-2)15-11-21-22(3)12-15;/h5-6,9,11-12,17,19H,7-8,10H2,1-4H3,(H,20,23);1H. The zero-order valence-corrected chi connectivity index (χ0v) is 16.4. The smallest absolute Gasteiger partial charge is 0.242 e. The van der Waals surface area contributed by atoms with Gasteiger partial charge in [0.05, 0.1) is 12.8 Å². The van der Waals surface area contributed by atoms with Gasteiger partial charge in [-0.1, -0.05) is 12.1 Å². The summed E-state index contributed by atoms with van der Waals surface area (Å²) in [6.45, 7) is 3.38. The maximum Gasteiger partial charge on any atom is 0.242 e. The summed E-state index contributed by atoms with van der Waals surface area (Å²) in [7, 11) is 5.21. The van der Waals surface area contributed by atoms with E-state index in [1.807, 2.05) is 38.4 Å². The van der Waals surface area contributed by atoms with Crippen LogP contribution in [0, 0.1) is 6.92 Å². The average molecular weight is 383 g/mol. The number of hydrogen-bond donors (Lipinski definition) is 2. The Morgan fingerprint density at radius 2 is 2.12 bits per heavy atom. The molecule has 0 aliphatic carbocycles. The van der Waals surface area contributed by atoms with Crippen molar-refractivity contribution in [2.75, 3.05) is 27.4 Å². The predicted molar refractivity (Wildman–Crippen MR) is 103 cm³/mol. The van der Waals surface area contributed by atoms with Crippen molar-refractivity contribution in [3.8, 4) is 5.75 Å². The molecule has 1 unspecified atom stereocenters. The molecule has 2 aromatic rings. The predicted octanol–water partition coefficient (Wildman–Crippen LogP) is 1.75. The minimum Gasteiger partial charge on any atom is -0.491 e. The van der Waals surface area contributed by atoms with E-state index < -0.39 is 6.04 Å². The second-order valence-corrected chi connectivity index (χ2v) is 5.84. The lowest BCUT2D eigenvalue weighted by atomic mass is 10.1. The fraction of sp³-hybridized carbons (Fsp3) is 0.444. The molecule has 0 spiro atoms. The molecule has 0 bridgehead atoms. The summed E-state index contributed by atoms with van der Waals surface area (Å²) < 4.78 is 12.5. The van der Waals surface area contributed by atoms with Crippen LogP contribution in [0.4, 0.5) is 0 Å². The topological polar surface area (TPSA) is 77.4 Å². The Kier molecular flexibility index (Phi) is 9.12. The van der Waals surface area contributed by atoms with Gasteiger partial charge in [0.15, 0.2) is 0 Å². The molecule has 1 heterocycles. The van der Waals surface area contributed by atoms with Crippen molar-refractivity contribution in [1.29, 1.82) is 0 Å². The van der Waals surface area contributed by atoms with E-state index in [1.165, 1.54) is 0 Å². The summed E-state index contributed by atoms with van der Waals surface area (Å²) in [6.07, 6.45) is 3.51. The number of ether oxygens (including phenoxy) is 2. The van der Waals surface area contributed by atoms with Crippen molar-refractivity contribution in [2.24, 2.45) is 7.05 Å². The lowest BCUT2D eigenvalue weighted by Crippen LogP contribution is -2.35. The van der Waals surface area contributed by atoms with Crippen LogP contribution in [0.3, 0.4) is 0 Å². The van der Waals surface area contributed by atoms with Gasteiger partial charge in [0.1, 0.15) is 18.4 Å². The fourth-order valence-electron chi connectivity index (χ4n) is 2.50. The summed E-state index contributed by atoms with van der Waals surface area (Å²) in [5, 5.41) is 10.1. The molecule has 1 aromatic heterocycles. The van der Waals surface area contributed by atoms with Gasteiger partial charge in [-0.25, -0.2) is 0 Å². The van der Waals surface area contributed by atoms with Crippen LogP contribution >= 0.6 is 12.4 Å². The molecule has 0 aliphatic heterocycles. The van der Waals surface area contributed by atoms with Crippen LogP contribution in [0.2, 0.25) is 0 Å². The third-order valence-corrected chi connectivity index (χ3v) is 3.83. The van der Waals surface area contributed by atoms with Crippen molar-refractivity contribution in [1.82, 2.24) is 20.4 Å². The van der Waals surface area contributed by atoms with Crippen LogP contribution in [-0.2, 0) is 23.1 Å². The van der Waals surface area contributed by atoms with E-state index >= 15 is 0 Å². The third-order valence-electron chi connectivity index (χ3n) is 3.83. The highest BCUT2D eigenvalue weighted by Crippen LogP contribution is 2.21. The van der Waals surface area contributed by atoms with E-state index in [4.69, 9.17) is 9.47 Å². The molecule has 8 heteroatoms. The summed E-state index contributed by atoms with van der Waals surface area (Å²) >= 11 is 0. The zero-order chi connectivity index (χ0) is 18.2. The van der Waals surface area contributed by atoms with Crippen molar-refractivity contribution >= 4 is 18.3 Å². The molecular weight excluding hydrogens is 356 g/mol. The Bertz CT molecular complexity index is 705. The van der Waals surface area contributed by atoms with Gasteiger partial charge in [-0.15, -0.1) is 12.4 Å². The highest BCUT2D eigenvalue weighted by Gasteiger charge is 2.20. The Labute approximate surface area is 160 Å². The highest BCUT2D eigenvalue weighted by atomic mass is 35.5. The zero-order valence-electron chi connectivity index (χ0n) is 15.6. The van der Waals surface area contributed by atoms with E-state index in [-0.39, 0.29) is 18.3 Å². The maximum atomic E-state index is 12.5. The molecule has 7 nitrogen and oxygen atoms in total. The Morgan fingerprint density at radius 1 is 1.35 bits per heavy atom. The molecule has 1 amide bonds. The number of halogens is 1. The second-order valence-electron chi connectivity index (χ2n) is 5.84. The number of amides is 1. The summed E-state index contributed by atoms with van der Waals surface area (Å²) in [5.74, 6) is 0.652. The molecule has 2 rings (SSSR count). The number of aromatic nitrogens is 2. The van der Waals surface area contributed by atoms with Crippen LogP contribution in [0.15, 0.2) is 30.6 Å². The van der Waals surface area contributed by atoms with Gasteiger partial charge in [0.25, 0.3) is 0 Å². The van der Waals surface area contributed by atoms with Gasteiger partial charge < -0.3 is 20.1 Å². The Hall–Kier alpha value is -2.09. The van der Waals surface area contributed by atoms with Crippen LogP contribution in [0.5, 0.6) is 5.75 Å².